The Morgan fingerprint density at radius 1 is 1.18 bits per heavy atom. The molecule has 4 heteroatoms. The highest BCUT2D eigenvalue weighted by molar-refractivity contribution is 5.81. The fourth-order valence-corrected chi connectivity index (χ4v) is 2.42. The lowest BCUT2D eigenvalue weighted by molar-refractivity contribution is -0.128. The van der Waals surface area contributed by atoms with Crippen molar-refractivity contribution in [2.24, 2.45) is 5.41 Å². The number of aromatic nitrogens is 2. The van der Waals surface area contributed by atoms with Crippen molar-refractivity contribution < 1.29 is 4.79 Å². The van der Waals surface area contributed by atoms with Crippen LogP contribution < -0.4 is 5.32 Å². The Kier molecular flexibility index (Phi) is 4.69. The van der Waals surface area contributed by atoms with Crippen LogP contribution in [0.25, 0.3) is 5.69 Å². The van der Waals surface area contributed by atoms with Gasteiger partial charge in [0.15, 0.2) is 0 Å². The zero-order valence-corrected chi connectivity index (χ0v) is 14.1. The Morgan fingerprint density at radius 3 is 2.41 bits per heavy atom. The van der Waals surface area contributed by atoms with Gasteiger partial charge in [0.05, 0.1) is 11.4 Å². The van der Waals surface area contributed by atoms with E-state index in [1.54, 1.807) is 0 Å². The molecule has 1 aromatic heterocycles. The van der Waals surface area contributed by atoms with Gasteiger partial charge in [-0.3, -0.25) is 4.79 Å². The maximum Gasteiger partial charge on any atom is 0.225 e. The Hall–Kier alpha value is -2.10. The SMILES string of the molecule is Cc1nn(-c2ccccc2)c(C)c1CCNC(=O)C(C)(C)C. The van der Waals surface area contributed by atoms with E-state index in [2.05, 4.69) is 17.3 Å². The number of carbonyl (C=O) groups excluding carboxylic acids is 1. The number of hydrogen-bond acceptors (Lipinski definition) is 2. The summed E-state index contributed by atoms with van der Waals surface area (Å²) in [6, 6.07) is 10.1. The predicted molar refractivity (Wildman–Crippen MR) is 89.2 cm³/mol. The molecule has 0 atom stereocenters. The quantitative estimate of drug-likeness (QED) is 0.942. The smallest absolute Gasteiger partial charge is 0.225 e. The van der Waals surface area contributed by atoms with E-state index in [4.69, 9.17) is 0 Å². The summed E-state index contributed by atoms with van der Waals surface area (Å²) in [5.74, 6) is 0.0817. The monoisotopic (exact) mass is 299 g/mol. The molecule has 0 radical (unpaired) electrons. The van der Waals surface area contributed by atoms with Crippen molar-refractivity contribution in [1.82, 2.24) is 15.1 Å². The molecule has 1 N–H and O–H groups in total. The van der Waals surface area contributed by atoms with Crippen molar-refractivity contribution >= 4 is 5.91 Å². The van der Waals surface area contributed by atoms with Crippen LogP contribution in [0.4, 0.5) is 0 Å². The summed E-state index contributed by atoms with van der Waals surface area (Å²) in [7, 11) is 0. The summed E-state index contributed by atoms with van der Waals surface area (Å²) < 4.78 is 1.97. The molecule has 22 heavy (non-hydrogen) atoms. The number of nitrogens with one attached hydrogen (secondary N) is 1. The molecule has 1 amide bonds. The lowest BCUT2D eigenvalue weighted by Crippen LogP contribution is -2.36. The second-order valence-corrected chi connectivity index (χ2v) is 6.65. The van der Waals surface area contributed by atoms with Gasteiger partial charge in [0.2, 0.25) is 5.91 Å². The highest BCUT2D eigenvalue weighted by Crippen LogP contribution is 2.18. The number of rotatable bonds is 4. The molecular weight excluding hydrogens is 274 g/mol. The maximum absolute atomic E-state index is 11.9. The van der Waals surface area contributed by atoms with E-state index in [0.29, 0.717) is 6.54 Å². The van der Waals surface area contributed by atoms with Crippen molar-refractivity contribution in [2.45, 2.75) is 41.0 Å². The van der Waals surface area contributed by atoms with Gasteiger partial charge in [0, 0.05) is 17.7 Å². The Bertz CT molecular complexity index is 651. The van der Waals surface area contributed by atoms with Gasteiger partial charge in [-0.15, -0.1) is 0 Å². The predicted octanol–water partition coefficient (Wildman–Crippen LogP) is 3.19. The first kappa shape index (κ1) is 16.3. The molecule has 0 unspecified atom stereocenters. The molecule has 0 aliphatic heterocycles. The van der Waals surface area contributed by atoms with Crippen LogP contribution in [0.15, 0.2) is 30.3 Å². The van der Waals surface area contributed by atoms with Gasteiger partial charge in [-0.05, 0) is 38.0 Å². The first-order chi connectivity index (χ1) is 10.3. The molecule has 0 saturated heterocycles. The minimum absolute atomic E-state index is 0.0817. The van der Waals surface area contributed by atoms with E-state index < -0.39 is 0 Å². The minimum Gasteiger partial charge on any atom is -0.355 e. The third kappa shape index (κ3) is 3.56. The highest BCUT2D eigenvalue weighted by Gasteiger charge is 2.21. The van der Waals surface area contributed by atoms with Crippen LogP contribution in [0.2, 0.25) is 0 Å². The van der Waals surface area contributed by atoms with Crippen LogP contribution in [-0.2, 0) is 11.2 Å². The molecule has 4 nitrogen and oxygen atoms in total. The number of amides is 1. The number of nitrogens with zero attached hydrogens (tertiary/aromatic N) is 2. The molecule has 118 valence electrons. The zero-order valence-electron chi connectivity index (χ0n) is 14.1. The largest absolute Gasteiger partial charge is 0.355 e. The summed E-state index contributed by atoms with van der Waals surface area (Å²) in [4.78, 5) is 11.9. The molecule has 0 saturated carbocycles. The third-order valence-corrected chi connectivity index (χ3v) is 3.78. The fourth-order valence-electron chi connectivity index (χ4n) is 2.42. The molecule has 0 aliphatic carbocycles. The number of carbonyl (C=O) groups is 1. The normalized spacial score (nSPS) is 11.5. The van der Waals surface area contributed by atoms with Gasteiger partial charge >= 0.3 is 0 Å². The Morgan fingerprint density at radius 2 is 1.82 bits per heavy atom. The molecule has 1 aromatic carbocycles. The highest BCUT2D eigenvalue weighted by atomic mass is 16.2. The van der Waals surface area contributed by atoms with Gasteiger partial charge in [-0.1, -0.05) is 39.0 Å². The van der Waals surface area contributed by atoms with Crippen molar-refractivity contribution in [2.75, 3.05) is 6.54 Å². The van der Waals surface area contributed by atoms with Crippen LogP contribution in [0.3, 0.4) is 0 Å². The van der Waals surface area contributed by atoms with Gasteiger partial charge in [-0.2, -0.15) is 5.10 Å². The number of aryl methyl sites for hydroxylation is 1. The first-order valence-corrected chi connectivity index (χ1v) is 7.69. The number of benzene rings is 1. The lowest BCUT2D eigenvalue weighted by atomic mass is 9.95. The summed E-state index contributed by atoms with van der Waals surface area (Å²) in [5.41, 5.74) is 4.07. The molecule has 2 aromatic rings. The van der Waals surface area contributed by atoms with Crippen molar-refractivity contribution in [3.8, 4) is 5.69 Å². The average Bonchev–Trinajstić information content (AvgIpc) is 2.75. The van der Waals surface area contributed by atoms with E-state index in [0.717, 1.165) is 23.5 Å². The van der Waals surface area contributed by atoms with Crippen molar-refractivity contribution in [3.63, 3.8) is 0 Å². The molecule has 0 aliphatic rings. The zero-order chi connectivity index (χ0) is 16.3. The third-order valence-electron chi connectivity index (χ3n) is 3.78. The van der Waals surface area contributed by atoms with Gasteiger partial charge in [0.25, 0.3) is 0 Å². The molecule has 1 heterocycles. The van der Waals surface area contributed by atoms with Crippen LogP contribution in [0, 0.1) is 19.3 Å². The first-order valence-electron chi connectivity index (χ1n) is 7.69. The summed E-state index contributed by atoms with van der Waals surface area (Å²) in [6.07, 6.45) is 0.798. The molecular formula is C18H25N3O. The fraction of sp³-hybridized carbons (Fsp3) is 0.444. The van der Waals surface area contributed by atoms with E-state index in [-0.39, 0.29) is 11.3 Å². The molecule has 0 bridgehead atoms. The molecule has 0 fully saturated rings. The summed E-state index contributed by atoms with van der Waals surface area (Å²) in [5, 5.41) is 7.63. The Labute approximate surface area is 132 Å². The summed E-state index contributed by atoms with van der Waals surface area (Å²) >= 11 is 0. The maximum atomic E-state index is 11.9. The lowest BCUT2D eigenvalue weighted by Gasteiger charge is -2.17. The number of hydrogen-bond donors (Lipinski definition) is 1. The van der Waals surface area contributed by atoms with Crippen LogP contribution in [-0.4, -0.2) is 22.2 Å². The van der Waals surface area contributed by atoms with Crippen LogP contribution >= 0.6 is 0 Å². The minimum atomic E-state index is -0.349. The summed E-state index contributed by atoms with van der Waals surface area (Å²) in [6.45, 7) is 10.5. The van der Waals surface area contributed by atoms with Crippen molar-refractivity contribution in [3.05, 3.63) is 47.3 Å². The second-order valence-electron chi connectivity index (χ2n) is 6.65. The van der Waals surface area contributed by atoms with Gasteiger partial charge in [0.1, 0.15) is 0 Å². The van der Waals surface area contributed by atoms with E-state index in [9.17, 15) is 4.79 Å². The topological polar surface area (TPSA) is 46.9 Å². The average molecular weight is 299 g/mol. The molecule has 2 rings (SSSR count). The van der Waals surface area contributed by atoms with Crippen molar-refractivity contribution in [1.29, 1.82) is 0 Å². The second kappa shape index (κ2) is 6.34. The molecule has 0 spiro atoms. The van der Waals surface area contributed by atoms with Crippen LogP contribution in [0.1, 0.15) is 37.7 Å². The van der Waals surface area contributed by atoms with Gasteiger partial charge in [-0.25, -0.2) is 4.68 Å². The van der Waals surface area contributed by atoms with E-state index in [1.165, 1.54) is 5.56 Å². The van der Waals surface area contributed by atoms with Gasteiger partial charge < -0.3 is 5.32 Å². The number of para-hydroxylation sites is 1. The van der Waals surface area contributed by atoms with E-state index >= 15 is 0 Å². The Balaban J connectivity index is 2.10. The van der Waals surface area contributed by atoms with Crippen LogP contribution in [0.5, 0.6) is 0 Å². The van der Waals surface area contributed by atoms with E-state index in [1.807, 2.05) is 62.7 Å². The standard InChI is InChI=1S/C18H25N3O/c1-13-16(11-12-19-17(22)18(3,4)5)14(2)21(20-13)15-9-7-6-8-10-15/h6-10H,11-12H2,1-5H3,(H,19,22).